The Morgan fingerprint density at radius 1 is 1.09 bits per heavy atom. The molecule has 2 saturated carbocycles. The second-order valence-corrected chi connectivity index (χ2v) is 11.2. The molecule has 0 radical (unpaired) electrons. The Labute approximate surface area is 190 Å². The molecule has 2 aliphatic carbocycles. The zero-order valence-corrected chi connectivity index (χ0v) is 18.4. The summed E-state index contributed by atoms with van der Waals surface area (Å²) in [4.78, 5) is 54.5. The molecule has 4 aliphatic rings. The number of aromatic nitrogens is 1. The topological polar surface area (TPSA) is 128 Å². The number of hydrogen-bond donors (Lipinski definition) is 3. The Balaban J connectivity index is 1.41. The molecule has 166 valence electrons. The largest absolute Gasteiger partial charge is 0.508 e. The smallest absolute Gasteiger partial charge is 0.305 e. The van der Waals surface area contributed by atoms with Crippen molar-refractivity contribution in [3.05, 3.63) is 44.4 Å². The summed E-state index contributed by atoms with van der Waals surface area (Å²) in [7, 11) is 0. The van der Waals surface area contributed by atoms with E-state index in [1.807, 2.05) is 12.1 Å². The lowest BCUT2D eigenvalue weighted by Gasteiger charge is -2.43. The van der Waals surface area contributed by atoms with Crippen molar-refractivity contribution in [2.24, 2.45) is 29.6 Å². The van der Waals surface area contributed by atoms with E-state index in [0.717, 1.165) is 26.8 Å². The number of imide groups is 1. The summed E-state index contributed by atoms with van der Waals surface area (Å²) in [5.74, 6) is -2.15. The molecule has 6 rings (SSSR count). The average Bonchev–Trinajstić information content (AvgIpc) is 3.47. The molecule has 7 atom stereocenters. The molecule has 2 bridgehead atoms. The Bertz CT molecular complexity index is 1200. The van der Waals surface area contributed by atoms with E-state index in [4.69, 9.17) is 5.11 Å². The number of H-pyrrole nitrogens is 1. The SMILES string of the molecule is O=C(O)CCN1C(=O)[C@@H]2[C@H]3C[C@@H]([C@@H]2C1=O)[C@@H]1[C@@H](c2ccc(O)cc2)c2sc(=O)[nH]c2S[C@H]31. The van der Waals surface area contributed by atoms with E-state index in [9.17, 15) is 24.3 Å². The van der Waals surface area contributed by atoms with E-state index in [1.54, 1.807) is 23.9 Å². The molecular weight excluding hydrogens is 452 g/mol. The van der Waals surface area contributed by atoms with E-state index in [-0.39, 0.29) is 64.3 Å². The molecule has 0 spiro atoms. The van der Waals surface area contributed by atoms with Crippen molar-refractivity contribution in [2.45, 2.75) is 29.0 Å². The Morgan fingerprint density at radius 3 is 2.47 bits per heavy atom. The van der Waals surface area contributed by atoms with Gasteiger partial charge in [-0.2, -0.15) is 0 Å². The van der Waals surface area contributed by atoms with Crippen LogP contribution in [-0.2, 0) is 14.4 Å². The fraction of sp³-hybridized carbons (Fsp3) is 0.455. The molecular formula is C22H20N2O6S2. The standard InChI is InChI=1S/C22H20N2O6S2/c25-9-3-1-8(2-4-9)13-14-10-7-11(17(14)31-19-18(13)32-22(30)23-19)16-15(10)20(28)24(21(16)29)6-5-12(26)27/h1-4,10-11,13-17,25H,5-7H2,(H,23,30)(H,26,27)/t10-,11-,13-,14-,15+,16-,17-/m1/s1. The number of rotatable bonds is 4. The molecule has 10 heteroatoms. The van der Waals surface area contributed by atoms with Crippen LogP contribution in [0.5, 0.6) is 5.75 Å². The van der Waals surface area contributed by atoms with Crippen molar-refractivity contribution in [3.8, 4) is 5.75 Å². The van der Waals surface area contributed by atoms with Gasteiger partial charge in [0.15, 0.2) is 0 Å². The Kier molecular flexibility index (Phi) is 4.36. The summed E-state index contributed by atoms with van der Waals surface area (Å²) in [6.45, 7) is -0.0794. The van der Waals surface area contributed by atoms with Gasteiger partial charge >= 0.3 is 10.8 Å². The summed E-state index contributed by atoms with van der Waals surface area (Å²) in [6, 6.07) is 7.00. The molecule has 32 heavy (non-hydrogen) atoms. The van der Waals surface area contributed by atoms with Crippen LogP contribution < -0.4 is 4.87 Å². The first-order chi connectivity index (χ1) is 15.3. The number of thioether (sulfide) groups is 1. The molecule has 2 aromatic rings. The van der Waals surface area contributed by atoms with E-state index in [1.165, 1.54) is 11.3 Å². The number of nitrogens with one attached hydrogen (secondary N) is 1. The van der Waals surface area contributed by atoms with Crippen molar-refractivity contribution < 1.29 is 24.6 Å². The Morgan fingerprint density at radius 2 is 1.78 bits per heavy atom. The Hall–Kier alpha value is -2.59. The second kappa shape index (κ2) is 6.95. The monoisotopic (exact) mass is 472 g/mol. The van der Waals surface area contributed by atoms with Crippen molar-refractivity contribution in [1.29, 1.82) is 0 Å². The number of thiazole rings is 1. The van der Waals surface area contributed by atoms with E-state index in [0.29, 0.717) is 0 Å². The fourth-order valence-electron chi connectivity index (χ4n) is 6.56. The molecule has 1 aromatic heterocycles. The van der Waals surface area contributed by atoms with Gasteiger partial charge in [-0.15, -0.1) is 11.8 Å². The number of carbonyl (C=O) groups excluding carboxylic acids is 2. The number of benzene rings is 1. The maximum Gasteiger partial charge on any atom is 0.305 e. The van der Waals surface area contributed by atoms with Crippen LogP contribution in [0.3, 0.4) is 0 Å². The van der Waals surface area contributed by atoms with Gasteiger partial charge in [-0.25, -0.2) is 0 Å². The zero-order valence-electron chi connectivity index (χ0n) is 16.8. The normalized spacial score (nSPS) is 34.5. The number of nitrogens with zero attached hydrogens (tertiary/aromatic N) is 1. The number of carbonyl (C=O) groups is 3. The van der Waals surface area contributed by atoms with Crippen LogP contribution in [0.25, 0.3) is 0 Å². The van der Waals surface area contributed by atoms with Gasteiger partial charge < -0.3 is 15.2 Å². The van der Waals surface area contributed by atoms with Gasteiger partial charge in [0.05, 0.1) is 23.3 Å². The molecule has 8 nitrogen and oxygen atoms in total. The zero-order chi connectivity index (χ0) is 22.3. The summed E-state index contributed by atoms with van der Waals surface area (Å²) < 4.78 is 0. The molecule has 1 aromatic carbocycles. The van der Waals surface area contributed by atoms with Gasteiger partial charge in [0.25, 0.3) is 0 Å². The van der Waals surface area contributed by atoms with Gasteiger partial charge in [-0.1, -0.05) is 23.5 Å². The summed E-state index contributed by atoms with van der Waals surface area (Å²) in [5, 5.41) is 19.7. The third-order valence-corrected chi connectivity index (χ3v) is 10.2. The van der Waals surface area contributed by atoms with Crippen molar-refractivity contribution in [3.63, 3.8) is 0 Å². The molecule has 0 unspecified atom stereocenters. The molecule has 1 saturated heterocycles. The number of carboxylic acids is 1. The number of likely N-dealkylation sites (tertiary alicyclic amines) is 1. The molecule has 2 aliphatic heterocycles. The van der Waals surface area contributed by atoms with Gasteiger partial charge in [0.2, 0.25) is 11.8 Å². The first-order valence-electron chi connectivity index (χ1n) is 10.6. The van der Waals surface area contributed by atoms with Crippen LogP contribution in [0.4, 0.5) is 0 Å². The maximum absolute atomic E-state index is 13.2. The minimum Gasteiger partial charge on any atom is -0.508 e. The number of aromatic hydroxyl groups is 1. The fourth-order valence-corrected chi connectivity index (χ4v) is 9.45. The van der Waals surface area contributed by atoms with E-state index in [2.05, 4.69) is 4.98 Å². The third kappa shape index (κ3) is 2.68. The molecule has 3 heterocycles. The molecule has 3 N–H and O–H groups in total. The van der Waals surface area contributed by atoms with Crippen LogP contribution in [0.15, 0.2) is 34.1 Å². The summed E-state index contributed by atoms with van der Waals surface area (Å²) >= 11 is 2.80. The first kappa shape index (κ1) is 20.0. The predicted molar refractivity (Wildman–Crippen MR) is 116 cm³/mol. The first-order valence-corrected chi connectivity index (χ1v) is 12.3. The van der Waals surface area contributed by atoms with Gasteiger partial charge in [-0.05, 0) is 41.9 Å². The number of aliphatic carboxylic acids is 1. The van der Waals surface area contributed by atoms with Gasteiger partial charge in [0.1, 0.15) is 5.75 Å². The number of phenolic OH excluding ortho intramolecular Hbond substituents is 1. The van der Waals surface area contributed by atoms with Crippen LogP contribution >= 0.6 is 23.1 Å². The number of carboxylic acid groups (broad SMARTS) is 1. The summed E-state index contributed by atoms with van der Waals surface area (Å²) in [6.07, 6.45) is 0.540. The number of phenols is 1. The highest BCUT2D eigenvalue weighted by molar-refractivity contribution is 8.00. The number of amides is 2. The van der Waals surface area contributed by atoms with Gasteiger partial charge in [-0.3, -0.25) is 24.1 Å². The highest BCUT2D eigenvalue weighted by Crippen LogP contribution is 2.68. The average molecular weight is 473 g/mol. The van der Waals surface area contributed by atoms with Gasteiger partial charge in [0, 0.05) is 22.6 Å². The van der Waals surface area contributed by atoms with Crippen molar-refractivity contribution >= 4 is 40.9 Å². The van der Waals surface area contributed by atoms with Crippen molar-refractivity contribution in [1.82, 2.24) is 9.88 Å². The van der Waals surface area contributed by atoms with Crippen LogP contribution in [0, 0.1) is 29.6 Å². The number of hydrogen-bond acceptors (Lipinski definition) is 7. The van der Waals surface area contributed by atoms with Crippen LogP contribution in [0.2, 0.25) is 0 Å². The highest BCUT2D eigenvalue weighted by Gasteiger charge is 2.69. The highest BCUT2D eigenvalue weighted by atomic mass is 32.2. The quantitative estimate of drug-likeness (QED) is 0.582. The minimum atomic E-state index is -1.03. The third-order valence-electron chi connectivity index (χ3n) is 7.62. The molecule has 2 amide bonds. The molecule has 3 fully saturated rings. The lowest BCUT2D eigenvalue weighted by atomic mass is 9.68. The number of aromatic amines is 1. The van der Waals surface area contributed by atoms with Crippen LogP contribution in [-0.4, -0.2) is 49.7 Å². The van der Waals surface area contributed by atoms with E-state index >= 15 is 0 Å². The predicted octanol–water partition coefficient (Wildman–Crippen LogP) is 2.09. The van der Waals surface area contributed by atoms with Crippen LogP contribution in [0.1, 0.15) is 29.2 Å². The summed E-state index contributed by atoms with van der Waals surface area (Å²) in [5.41, 5.74) is 0.984. The van der Waals surface area contributed by atoms with Crippen molar-refractivity contribution in [2.75, 3.05) is 6.54 Å². The van der Waals surface area contributed by atoms with E-state index < -0.39 is 17.8 Å². The minimum absolute atomic E-state index is 0.00191. The maximum atomic E-state index is 13.2. The second-order valence-electron chi connectivity index (χ2n) is 9.02. The lowest BCUT2D eigenvalue weighted by Crippen LogP contribution is -2.42. The number of fused-ring (bicyclic) bond motifs is 9. The lowest BCUT2D eigenvalue weighted by molar-refractivity contribution is -0.142.